The van der Waals surface area contributed by atoms with Crippen LogP contribution in [0.1, 0.15) is 94.2 Å². The van der Waals surface area contributed by atoms with Crippen molar-refractivity contribution in [1.82, 2.24) is 9.80 Å². The number of ketones is 1. The molecule has 0 aromatic heterocycles. The minimum atomic E-state index is -0.232. The molecule has 0 saturated heterocycles. The lowest BCUT2D eigenvalue weighted by molar-refractivity contribution is -0.135. The first-order valence-electron chi connectivity index (χ1n) is 14.5. The van der Waals surface area contributed by atoms with Gasteiger partial charge in [-0.15, -0.1) is 0 Å². The summed E-state index contributed by atoms with van der Waals surface area (Å²) in [5.74, 6) is 1.66. The third-order valence-electron chi connectivity index (χ3n) is 8.19. The first kappa shape index (κ1) is 30.3. The van der Waals surface area contributed by atoms with Gasteiger partial charge in [-0.05, 0) is 110 Å². The maximum atomic E-state index is 13.0. The largest absolute Gasteiger partial charge is 0.425 e. The molecule has 1 aromatic rings. The third kappa shape index (κ3) is 7.89. The molecule has 2 atom stereocenters. The van der Waals surface area contributed by atoms with E-state index in [1.807, 2.05) is 38.0 Å². The second-order valence-electron chi connectivity index (χ2n) is 12.4. The van der Waals surface area contributed by atoms with Gasteiger partial charge in [-0.25, -0.2) is 0 Å². The van der Waals surface area contributed by atoms with E-state index in [0.29, 0.717) is 29.9 Å². The monoisotopic (exact) mass is 522 g/mol. The summed E-state index contributed by atoms with van der Waals surface area (Å²) in [6.07, 6.45) is 10.7. The van der Waals surface area contributed by atoms with Crippen LogP contribution in [-0.4, -0.2) is 62.8 Å². The summed E-state index contributed by atoms with van der Waals surface area (Å²) in [4.78, 5) is 29.6. The number of allylic oxidation sites excluding steroid dienone is 3. The van der Waals surface area contributed by atoms with Crippen LogP contribution in [0.25, 0.3) is 0 Å². The summed E-state index contributed by atoms with van der Waals surface area (Å²) in [7, 11) is 7.68. The third-order valence-corrected chi connectivity index (χ3v) is 8.19. The van der Waals surface area contributed by atoms with Gasteiger partial charge in [-0.1, -0.05) is 49.6 Å². The van der Waals surface area contributed by atoms with Crippen LogP contribution in [0.4, 0.5) is 0 Å². The van der Waals surface area contributed by atoms with Crippen LogP contribution in [0.5, 0.6) is 5.75 Å². The topological polar surface area (TPSA) is 49.9 Å². The highest BCUT2D eigenvalue weighted by atomic mass is 16.5. The van der Waals surface area contributed by atoms with Gasteiger partial charge in [0, 0.05) is 17.4 Å². The van der Waals surface area contributed by atoms with E-state index in [2.05, 4.69) is 45.6 Å². The Balaban J connectivity index is 2.09. The molecule has 210 valence electrons. The molecular formula is C33H50N2O3. The minimum absolute atomic E-state index is 0.110. The standard InChI is InChI=1S/C33H50N2O3/c1-9-10-11-12-24-16-28(25-18-26(19-25)30(36)20-34(5)6)33(31(17-24)38-32(37)21-35(7)8)29-15-23(4)13-14-27(29)22(2)3/h15-17,25-27,29H,2,9-14,18-21H2,1,3-8H3. The van der Waals surface area contributed by atoms with Gasteiger partial charge in [0.15, 0.2) is 0 Å². The molecule has 1 aromatic carbocycles. The number of carbonyl (C=O) groups excluding carboxylic acids is 2. The number of carbonyl (C=O) groups is 2. The Hall–Kier alpha value is -2.24. The summed E-state index contributed by atoms with van der Waals surface area (Å²) < 4.78 is 6.19. The molecule has 2 aliphatic rings. The van der Waals surface area contributed by atoms with Crippen molar-refractivity contribution >= 4 is 11.8 Å². The minimum Gasteiger partial charge on any atom is -0.425 e. The quantitative estimate of drug-likeness (QED) is 0.128. The van der Waals surface area contributed by atoms with Crippen molar-refractivity contribution in [2.45, 2.75) is 84.0 Å². The zero-order chi connectivity index (χ0) is 28.0. The zero-order valence-corrected chi connectivity index (χ0v) is 24.9. The number of ether oxygens (including phenoxy) is 1. The van der Waals surface area contributed by atoms with E-state index in [1.165, 1.54) is 35.1 Å². The maximum absolute atomic E-state index is 13.0. The molecule has 2 unspecified atom stereocenters. The summed E-state index contributed by atoms with van der Waals surface area (Å²) in [6, 6.07) is 4.50. The molecule has 5 heteroatoms. The van der Waals surface area contributed by atoms with Crippen LogP contribution >= 0.6 is 0 Å². The fraction of sp³-hybridized carbons (Fsp3) is 0.636. The smallest absolute Gasteiger partial charge is 0.325 e. The van der Waals surface area contributed by atoms with Crippen LogP contribution in [0.3, 0.4) is 0 Å². The van der Waals surface area contributed by atoms with E-state index in [9.17, 15) is 9.59 Å². The summed E-state index contributed by atoms with van der Waals surface area (Å²) in [6.45, 7) is 11.6. The number of likely N-dealkylation sites (N-methyl/N-ethyl adjacent to an activating group) is 2. The highest BCUT2D eigenvalue weighted by molar-refractivity contribution is 5.84. The molecule has 1 fully saturated rings. The summed E-state index contributed by atoms with van der Waals surface area (Å²) in [5, 5.41) is 0. The first-order valence-corrected chi connectivity index (χ1v) is 14.5. The number of benzene rings is 1. The SMILES string of the molecule is C=C(C)C1CCC(C)=CC1c1c(OC(=O)CN(C)C)cc(CCCCC)cc1C1CC(C(=O)CN(C)C)C1. The molecule has 1 saturated carbocycles. The molecule has 0 heterocycles. The van der Waals surface area contributed by atoms with Crippen LogP contribution in [0, 0.1) is 11.8 Å². The molecule has 0 amide bonds. The average molecular weight is 523 g/mol. The number of unbranched alkanes of at least 4 members (excludes halogenated alkanes) is 2. The number of hydrogen-bond acceptors (Lipinski definition) is 5. The number of aryl methyl sites for hydroxylation is 1. The van der Waals surface area contributed by atoms with E-state index in [0.717, 1.165) is 44.1 Å². The fourth-order valence-electron chi connectivity index (χ4n) is 6.10. The van der Waals surface area contributed by atoms with Crippen molar-refractivity contribution in [2.75, 3.05) is 41.3 Å². The first-order chi connectivity index (χ1) is 18.0. The van der Waals surface area contributed by atoms with Crippen molar-refractivity contribution in [3.05, 3.63) is 52.6 Å². The Kier molecular flexibility index (Phi) is 10.9. The van der Waals surface area contributed by atoms with Gasteiger partial charge in [0.05, 0.1) is 13.1 Å². The van der Waals surface area contributed by atoms with Crippen molar-refractivity contribution in [3.8, 4) is 5.75 Å². The predicted molar refractivity (Wildman–Crippen MR) is 157 cm³/mol. The zero-order valence-electron chi connectivity index (χ0n) is 24.9. The average Bonchev–Trinajstić information content (AvgIpc) is 2.77. The lowest BCUT2D eigenvalue weighted by atomic mass is 9.65. The van der Waals surface area contributed by atoms with Gasteiger partial charge in [0.25, 0.3) is 0 Å². The lowest BCUT2D eigenvalue weighted by Gasteiger charge is -2.40. The molecule has 3 rings (SSSR count). The number of Topliss-reactive ketones (excluding diaryl/α,β-unsaturated/α-hetero) is 1. The number of nitrogens with zero attached hydrogens (tertiary/aromatic N) is 2. The van der Waals surface area contributed by atoms with Crippen LogP contribution in [0.15, 0.2) is 35.9 Å². The van der Waals surface area contributed by atoms with Crippen molar-refractivity contribution in [3.63, 3.8) is 0 Å². The van der Waals surface area contributed by atoms with Gasteiger partial charge in [0.2, 0.25) is 0 Å². The molecule has 0 aliphatic heterocycles. The highest BCUT2D eigenvalue weighted by Gasteiger charge is 2.39. The number of esters is 1. The predicted octanol–water partition coefficient (Wildman–Crippen LogP) is 6.53. The molecule has 0 radical (unpaired) electrons. The van der Waals surface area contributed by atoms with E-state index < -0.39 is 0 Å². The van der Waals surface area contributed by atoms with E-state index in [-0.39, 0.29) is 24.3 Å². The second-order valence-corrected chi connectivity index (χ2v) is 12.4. The van der Waals surface area contributed by atoms with Crippen LogP contribution in [0.2, 0.25) is 0 Å². The van der Waals surface area contributed by atoms with Crippen molar-refractivity contribution in [2.24, 2.45) is 11.8 Å². The molecule has 38 heavy (non-hydrogen) atoms. The molecule has 0 spiro atoms. The van der Waals surface area contributed by atoms with Crippen molar-refractivity contribution in [1.29, 1.82) is 0 Å². The fourth-order valence-corrected chi connectivity index (χ4v) is 6.10. The van der Waals surface area contributed by atoms with Crippen LogP contribution in [-0.2, 0) is 16.0 Å². The van der Waals surface area contributed by atoms with Crippen molar-refractivity contribution < 1.29 is 14.3 Å². The van der Waals surface area contributed by atoms with E-state index >= 15 is 0 Å². The summed E-state index contributed by atoms with van der Waals surface area (Å²) >= 11 is 0. The maximum Gasteiger partial charge on any atom is 0.325 e. The number of hydrogen-bond donors (Lipinski definition) is 0. The second kappa shape index (κ2) is 13.7. The Morgan fingerprint density at radius 1 is 1.05 bits per heavy atom. The summed E-state index contributed by atoms with van der Waals surface area (Å²) in [5.41, 5.74) is 6.21. The lowest BCUT2D eigenvalue weighted by Crippen LogP contribution is -2.36. The molecule has 0 bridgehead atoms. The molecular weight excluding hydrogens is 472 g/mol. The Morgan fingerprint density at radius 2 is 1.74 bits per heavy atom. The Labute approximate surface area is 231 Å². The molecule has 5 nitrogen and oxygen atoms in total. The van der Waals surface area contributed by atoms with Crippen LogP contribution < -0.4 is 4.74 Å². The normalized spacial score (nSPS) is 23.2. The Bertz CT molecular complexity index is 1030. The number of rotatable bonds is 13. The molecule has 0 N–H and O–H groups in total. The Morgan fingerprint density at radius 3 is 2.34 bits per heavy atom. The molecule has 2 aliphatic carbocycles. The van der Waals surface area contributed by atoms with Gasteiger partial charge in [-0.3, -0.25) is 14.5 Å². The van der Waals surface area contributed by atoms with Gasteiger partial charge < -0.3 is 9.64 Å². The highest BCUT2D eigenvalue weighted by Crippen LogP contribution is 2.51. The van der Waals surface area contributed by atoms with E-state index in [4.69, 9.17) is 4.74 Å². The van der Waals surface area contributed by atoms with Gasteiger partial charge >= 0.3 is 5.97 Å². The van der Waals surface area contributed by atoms with Gasteiger partial charge in [-0.2, -0.15) is 0 Å². The van der Waals surface area contributed by atoms with E-state index in [1.54, 1.807) is 0 Å². The van der Waals surface area contributed by atoms with Gasteiger partial charge in [0.1, 0.15) is 11.5 Å².